The lowest BCUT2D eigenvalue weighted by molar-refractivity contribution is 0.0170. The van der Waals surface area contributed by atoms with Crippen LogP contribution in [-0.4, -0.2) is 30.6 Å². The standard InChI is InChI=1S/C11H22BrNO/c1-2-10(12)6-7-13-9-11-5-3-4-8-14-11/h10-11,13H,2-9H2,1H3. The molecule has 0 bridgehead atoms. The zero-order chi connectivity index (χ0) is 10.2. The molecule has 0 aromatic carbocycles. The van der Waals surface area contributed by atoms with Crippen molar-refractivity contribution in [3.05, 3.63) is 0 Å². The van der Waals surface area contributed by atoms with E-state index in [1.807, 2.05) is 0 Å². The van der Waals surface area contributed by atoms with Crippen molar-refractivity contribution in [3.63, 3.8) is 0 Å². The fourth-order valence-corrected chi connectivity index (χ4v) is 1.92. The minimum Gasteiger partial charge on any atom is -0.377 e. The summed E-state index contributed by atoms with van der Waals surface area (Å²) in [5, 5.41) is 3.47. The van der Waals surface area contributed by atoms with Gasteiger partial charge in [0.2, 0.25) is 0 Å². The van der Waals surface area contributed by atoms with E-state index in [9.17, 15) is 0 Å². The van der Waals surface area contributed by atoms with Crippen LogP contribution in [0.2, 0.25) is 0 Å². The molecular weight excluding hydrogens is 242 g/mol. The first-order valence-electron chi connectivity index (χ1n) is 5.79. The molecule has 1 N–H and O–H groups in total. The first kappa shape index (κ1) is 12.5. The van der Waals surface area contributed by atoms with Gasteiger partial charge >= 0.3 is 0 Å². The first-order valence-corrected chi connectivity index (χ1v) is 6.71. The van der Waals surface area contributed by atoms with Gasteiger partial charge in [0.1, 0.15) is 0 Å². The zero-order valence-electron chi connectivity index (χ0n) is 9.10. The minimum absolute atomic E-state index is 0.471. The highest BCUT2D eigenvalue weighted by molar-refractivity contribution is 9.09. The lowest BCUT2D eigenvalue weighted by Crippen LogP contribution is -2.32. The molecule has 0 aromatic rings. The molecule has 0 radical (unpaired) electrons. The number of alkyl halides is 1. The predicted molar refractivity (Wildman–Crippen MR) is 64.1 cm³/mol. The maximum atomic E-state index is 5.64. The normalized spacial score (nSPS) is 24.9. The third-order valence-electron chi connectivity index (χ3n) is 2.72. The van der Waals surface area contributed by atoms with Crippen LogP contribution in [0.25, 0.3) is 0 Å². The fraction of sp³-hybridized carbons (Fsp3) is 1.00. The molecule has 1 heterocycles. The van der Waals surface area contributed by atoms with Crippen molar-refractivity contribution in [2.75, 3.05) is 19.7 Å². The van der Waals surface area contributed by atoms with Crippen LogP contribution in [0.1, 0.15) is 39.0 Å². The van der Waals surface area contributed by atoms with Crippen molar-refractivity contribution in [1.82, 2.24) is 5.32 Å². The van der Waals surface area contributed by atoms with Gasteiger partial charge in [-0.25, -0.2) is 0 Å². The molecule has 2 nitrogen and oxygen atoms in total. The van der Waals surface area contributed by atoms with Gasteiger partial charge in [-0.3, -0.25) is 0 Å². The van der Waals surface area contributed by atoms with Crippen molar-refractivity contribution in [2.24, 2.45) is 0 Å². The lowest BCUT2D eigenvalue weighted by atomic mass is 10.1. The summed E-state index contributed by atoms with van der Waals surface area (Å²) >= 11 is 3.63. The van der Waals surface area contributed by atoms with Gasteiger partial charge in [-0.05, 0) is 38.6 Å². The minimum atomic E-state index is 0.471. The van der Waals surface area contributed by atoms with E-state index in [0.717, 1.165) is 19.7 Å². The maximum Gasteiger partial charge on any atom is 0.0699 e. The number of rotatable bonds is 6. The zero-order valence-corrected chi connectivity index (χ0v) is 10.7. The Morgan fingerprint density at radius 3 is 3.00 bits per heavy atom. The molecule has 0 amide bonds. The van der Waals surface area contributed by atoms with E-state index < -0.39 is 0 Å². The Labute approximate surface area is 95.9 Å². The van der Waals surface area contributed by atoms with Gasteiger partial charge < -0.3 is 10.1 Å². The summed E-state index contributed by atoms with van der Waals surface area (Å²) in [4.78, 5) is 0.669. The Bertz CT molecular complexity index is 137. The second kappa shape index (κ2) is 7.66. The number of hydrogen-bond donors (Lipinski definition) is 1. The van der Waals surface area contributed by atoms with E-state index in [1.165, 1.54) is 32.1 Å². The molecule has 3 heteroatoms. The summed E-state index contributed by atoms with van der Waals surface area (Å²) < 4.78 is 5.64. The maximum absolute atomic E-state index is 5.64. The number of halogens is 1. The number of hydrogen-bond acceptors (Lipinski definition) is 2. The molecule has 1 aliphatic heterocycles. The molecule has 14 heavy (non-hydrogen) atoms. The third-order valence-corrected chi connectivity index (χ3v) is 3.83. The average Bonchev–Trinajstić information content (AvgIpc) is 2.25. The fourth-order valence-electron chi connectivity index (χ4n) is 1.69. The van der Waals surface area contributed by atoms with Crippen LogP contribution in [0.3, 0.4) is 0 Å². The third kappa shape index (κ3) is 5.32. The number of ether oxygens (including phenoxy) is 1. The van der Waals surface area contributed by atoms with Crippen LogP contribution >= 0.6 is 15.9 Å². The Morgan fingerprint density at radius 2 is 2.36 bits per heavy atom. The van der Waals surface area contributed by atoms with Gasteiger partial charge in [0.25, 0.3) is 0 Å². The summed E-state index contributed by atoms with van der Waals surface area (Å²) in [5.74, 6) is 0. The smallest absolute Gasteiger partial charge is 0.0699 e. The summed E-state index contributed by atoms with van der Waals surface area (Å²) in [6.45, 7) is 5.30. The molecule has 0 aliphatic carbocycles. The van der Waals surface area contributed by atoms with Gasteiger partial charge in [0, 0.05) is 18.0 Å². The highest BCUT2D eigenvalue weighted by Crippen LogP contribution is 2.12. The second-order valence-corrected chi connectivity index (χ2v) is 5.28. The Kier molecular flexibility index (Phi) is 6.82. The molecule has 84 valence electrons. The molecule has 2 atom stereocenters. The second-order valence-electron chi connectivity index (χ2n) is 3.99. The van der Waals surface area contributed by atoms with Crippen molar-refractivity contribution in [2.45, 2.75) is 50.0 Å². The Balaban J connectivity index is 1.92. The van der Waals surface area contributed by atoms with E-state index >= 15 is 0 Å². The van der Waals surface area contributed by atoms with Crippen molar-refractivity contribution in [3.8, 4) is 0 Å². The molecular formula is C11H22BrNO. The molecule has 1 fully saturated rings. The Morgan fingerprint density at radius 1 is 1.50 bits per heavy atom. The monoisotopic (exact) mass is 263 g/mol. The van der Waals surface area contributed by atoms with Crippen LogP contribution in [-0.2, 0) is 4.74 Å². The topological polar surface area (TPSA) is 21.3 Å². The van der Waals surface area contributed by atoms with Crippen LogP contribution in [0, 0.1) is 0 Å². The predicted octanol–water partition coefficient (Wildman–Crippen LogP) is 2.71. The first-order chi connectivity index (χ1) is 6.83. The van der Waals surface area contributed by atoms with E-state index in [4.69, 9.17) is 4.74 Å². The van der Waals surface area contributed by atoms with Crippen molar-refractivity contribution in [1.29, 1.82) is 0 Å². The SMILES string of the molecule is CCC(Br)CCNCC1CCCCO1. The molecule has 0 spiro atoms. The molecule has 1 saturated heterocycles. The molecule has 0 aromatic heterocycles. The van der Waals surface area contributed by atoms with Gasteiger partial charge in [0.05, 0.1) is 6.10 Å². The molecule has 0 saturated carbocycles. The van der Waals surface area contributed by atoms with Gasteiger partial charge in [-0.1, -0.05) is 22.9 Å². The molecule has 1 rings (SSSR count). The highest BCUT2D eigenvalue weighted by atomic mass is 79.9. The number of nitrogens with one attached hydrogen (secondary N) is 1. The van der Waals surface area contributed by atoms with Gasteiger partial charge in [-0.2, -0.15) is 0 Å². The summed E-state index contributed by atoms with van der Waals surface area (Å²) in [5.41, 5.74) is 0. The quantitative estimate of drug-likeness (QED) is 0.588. The molecule has 2 unspecified atom stereocenters. The van der Waals surface area contributed by atoms with E-state index in [-0.39, 0.29) is 0 Å². The summed E-state index contributed by atoms with van der Waals surface area (Å²) in [6, 6.07) is 0. The highest BCUT2D eigenvalue weighted by Gasteiger charge is 2.12. The molecule has 1 aliphatic rings. The van der Waals surface area contributed by atoms with Crippen molar-refractivity contribution >= 4 is 15.9 Å². The van der Waals surface area contributed by atoms with Crippen LogP contribution in [0.5, 0.6) is 0 Å². The largest absolute Gasteiger partial charge is 0.377 e. The van der Waals surface area contributed by atoms with Crippen LogP contribution < -0.4 is 5.32 Å². The lowest BCUT2D eigenvalue weighted by Gasteiger charge is -2.23. The van der Waals surface area contributed by atoms with Crippen LogP contribution in [0.4, 0.5) is 0 Å². The van der Waals surface area contributed by atoms with Crippen molar-refractivity contribution < 1.29 is 4.74 Å². The average molecular weight is 264 g/mol. The summed E-state index contributed by atoms with van der Waals surface area (Å²) in [7, 11) is 0. The van der Waals surface area contributed by atoms with Crippen LogP contribution in [0.15, 0.2) is 0 Å². The summed E-state index contributed by atoms with van der Waals surface area (Å²) in [6.07, 6.45) is 6.71. The Hall–Kier alpha value is 0.400. The van der Waals surface area contributed by atoms with E-state index in [0.29, 0.717) is 10.9 Å². The van der Waals surface area contributed by atoms with E-state index in [1.54, 1.807) is 0 Å². The van der Waals surface area contributed by atoms with E-state index in [2.05, 4.69) is 28.2 Å². The van der Waals surface area contributed by atoms with Gasteiger partial charge in [0.15, 0.2) is 0 Å². The van der Waals surface area contributed by atoms with Gasteiger partial charge in [-0.15, -0.1) is 0 Å².